The highest BCUT2D eigenvalue weighted by atomic mass is 16.6. The van der Waals surface area contributed by atoms with E-state index in [0.717, 1.165) is 0 Å². The third-order valence-corrected chi connectivity index (χ3v) is 3.34. The van der Waals surface area contributed by atoms with Gasteiger partial charge in [-0.25, -0.2) is 0 Å². The average molecular weight is 267 g/mol. The molecule has 3 heterocycles. The van der Waals surface area contributed by atoms with Crippen molar-refractivity contribution in [1.82, 2.24) is 4.57 Å². The lowest BCUT2D eigenvalue weighted by atomic mass is 10.1. The molecule has 102 valence electrons. The van der Waals surface area contributed by atoms with Gasteiger partial charge in [0.15, 0.2) is 6.23 Å². The van der Waals surface area contributed by atoms with Crippen molar-refractivity contribution in [2.45, 2.75) is 24.5 Å². The zero-order valence-corrected chi connectivity index (χ0v) is 9.84. The summed E-state index contributed by atoms with van der Waals surface area (Å²) in [5, 5.41) is 29.0. The van der Waals surface area contributed by atoms with E-state index in [0.29, 0.717) is 11.0 Å². The Balaban J connectivity index is 2.05. The van der Waals surface area contributed by atoms with Crippen LogP contribution in [0, 0.1) is 0 Å². The minimum Gasteiger partial charge on any atom is -0.464 e. The third kappa shape index (κ3) is 1.79. The molecule has 0 aliphatic carbocycles. The molecule has 3 N–H and O–H groups in total. The molecule has 1 fully saturated rings. The number of hydrogen-bond donors (Lipinski definition) is 3. The van der Waals surface area contributed by atoms with Crippen LogP contribution in [0.25, 0.3) is 11.0 Å². The van der Waals surface area contributed by atoms with Gasteiger partial charge in [-0.2, -0.15) is 0 Å². The molecule has 2 aromatic heterocycles. The van der Waals surface area contributed by atoms with Crippen LogP contribution < -0.4 is 5.56 Å². The van der Waals surface area contributed by atoms with Crippen molar-refractivity contribution >= 4 is 11.0 Å². The van der Waals surface area contributed by atoms with E-state index in [-0.39, 0.29) is 5.56 Å². The molecule has 3 rings (SSSR count). The highest BCUT2D eigenvalue weighted by molar-refractivity contribution is 5.75. The molecule has 1 aliphatic rings. The van der Waals surface area contributed by atoms with Crippen molar-refractivity contribution in [3.05, 3.63) is 34.9 Å². The zero-order valence-electron chi connectivity index (χ0n) is 9.84. The first-order chi connectivity index (χ1) is 9.13. The molecule has 7 nitrogen and oxygen atoms in total. The van der Waals surface area contributed by atoms with Crippen LogP contribution in [0.2, 0.25) is 0 Å². The molecule has 0 spiro atoms. The van der Waals surface area contributed by atoms with Gasteiger partial charge >= 0.3 is 0 Å². The van der Waals surface area contributed by atoms with Crippen molar-refractivity contribution < 1.29 is 24.5 Å². The van der Waals surface area contributed by atoms with Crippen LogP contribution in [0.4, 0.5) is 0 Å². The first kappa shape index (κ1) is 12.4. The van der Waals surface area contributed by atoms with Gasteiger partial charge in [0.25, 0.3) is 5.56 Å². The van der Waals surface area contributed by atoms with Crippen molar-refractivity contribution in [3.63, 3.8) is 0 Å². The predicted octanol–water partition coefficient (Wildman–Crippen LogP) is -0.794. The summed E-state index contributed by atoms with van der Waals surface area (Å²) in [4.78, 5) is 12.2. The number of hydrogen-bond acceptors (Lipinski definition) is 6. The first-order valence-corrected chi connectivity index (χ1v) is 5.84. The summed E-state index contributed by atoms with van der Waals surface area (Å²) in [5.74, 6) is 0. The number of furan rings is 1. The quantitative estimate of drug-likeness (QED) is 0.658. The molecule has 0 saturated carbocycles. The van der Waals surface area contributed by atoms with Gasteiger partial charge in [-0.3, -0.25) is 9.36 Å². The van der Waals surface area contributed by atoms with Gasteiger partial charge in [-0.1, -0.05) is 0 Å². The second kappa shape index (κ2) is 4.46. The number of aliphatic hydroxyl groups excluding tert-OH is 3. The number of nitrogens with zero attached hydrogens (tertiary/aromatic N) is 1. The fourth-order valence-electron chi connectivity index (χ4n) is 2.29. The lowest BCUT2D eigenvalue weighted by Crippen LogP contribution is -2.35. The number of aliphatic hydroxyl groups is 3. The Labute approximate surface area is 107 Å². The van der Waals surface area contributed by atoms with Crippen LogP contribution in [0.15, 0.2) is 33.8 Å². The molecule has 0 bridgehead atoms. The van der Waals surface area contributed by atoms with Gasteiger partial charge < -0.3 is 24.5 Å². The molecule has 1 aliphatic heterocycles. The van der Waals surface area contributed by atoms with Crippen LogP contribution in [-0.4, -0.2) is 44.8 Å². The number of fused-ring (bicyclic) bond motifs is 1. The van der Waals surface area contributed by atoms with E-state index in [9.17, 15) is 15.0 Å². The number of rotatable bonds is 2. The van der Waals surface area contributed by atoms with Crippen molar-refractivity contribution in [3.8, 4) is 0 Å². The van der Waals surface area contributed by atoms with E-state index in [1.54, 1.807) is 6.07 Å². The molecular formula is C12H13NO6. The molecule has 7 heteroatoms. The number of pyridine rings is 1. The normalized spacial score (nSPS) is 31.1. The molecule has 1 unspecified atom stereocenters. The molecule has 2 aromatic rings. The standard InChI is InChI=1S/C12H13NO6/c14-5-8-9(15)10(16)12(19-8)13-3-1-7-6(11(13)17)2-4-18-7/h1-4,8-10,12,14-16H,5H2/t8-,9-,10-,12?/m1/s1. The summed E-state index contributed by atoms with van der Waals surface area (Å²) >= 11 is 0. The van der Waals surface area contributed by atoms with Gasteiger partial charge in [0, 0.05) is 6.20 Å². The summed E-state index contributed by atoms with van der Waals surface area (Å²) in [6.07, 6.45) is -1.63. The largest absolute Gasteiger partial charge is 0.464 e. The Bertz CT molecular complexity index is 647. The smallest absolute Gasteiger partial charge is 0.263 e. The van der Waals surface area contributed by atoms with Crippen molar-refractivity contribution in [2.24, 2.45) is 0 Å². The topological polar surface area (TPSA) is 105 Å². The lowest BCUT2D eigenvalue weighted by Gasteiger charge is -2.17. The molecular weight excluding hydrogens is 254 g/mol. The summed E-state index contributed by atoms with van der Waals surface area (Å²) in [6, 6.07) is 3.10. The molecule has 0 amide bonds. The monoisotopic (exact) mass is 267 g/mol. The van der Waals surface area contributed by atoms with Crippen molar-refractivity contribution in [2.75, 3.05) is 6.61 Å². The Hall–Kier alpha value is -1.67. The Morgan fingerprint density at radius 1 is 1.26 bits per heavy atom. The second-order valence-electron chi connectivity index (χ2n) is 4.46. The fraction of sp³-hybridized carbons (Fsp3) is 0.417. The molecule has 0 aromatic carbocycles. The average Bonchev–Trinajstić information content (AvgIpc) is 2.98. The van der Waals surface area contributed by atoms with E-state index < -0.39 is 31.1 Å². The summed E-state index contributed by atoms with van der Waals surface area (Å²) in [6.45, 7) is -0.433. The van der Waals surface area contributed by atoms with Gasteiger partial charge in [-0.05, 0) is 12.1 Å². The van der Waals surface area contributed by atoms with Crippen molar-refractivity contribution in [1.29, 1.82) is 0 Å². The van der Waals surface area contributed by atoms with Crippen LogP contribution in [-0.2, 0) is 4.74 Å². The Morgan fingerprint density at radius 3 is 2.74 bits per heavy atom. The zero-order chi connectivity index (χ0) is 13.6. The third-order valence-electron chi connectivity index (χ3n) is 3.34. The molecule has 1 saturated heterocycles. The molecule has 19 heavy (non-hydrogen) atoms. The first-order valence-electron chi connectivity index (χ1n) is 5.84. The maximum Gasteiger partial charge on any atom is 0.263 e. The highest BCUT2D eigenvalue weighted by Crippen LogP contribution is 2.28. The summed E-state index contributed by atoms with van der Waals surface area (Å²) in [5.41, 5.74) is 0.0501. The van der Waals surface area contributed by atoms with Crippen LogP contribution in [0.1, 0.15) is 6.23 Å². The highest BCUT2D eigenvalue weighted by Gasteiger charge is 2.43. The van der Waals surface area contributed by atoms with Crippen LogP contribution >= 0.6 is 0 Å². The number of aromatic nitrogens is 1. The van der Waals surface area contributed by atoms with Gasteiger partial charge in [-0.15, -0.1) is 0 Å². The van der Waals surface area contributed by atoms with E-state index in [4.69, 9.17) is 14.3 Å². The maximum absolute atomic E-state index is 12.2. The van der Waals surface area contributed by atoms with Crippen LogP contribution in [0.5, 0.6) is 0 Å². The van der Waals surface area contributed by atoms with E-state index >= 15 is 0 Å². The Kier molecular flexibility index (Phi) is 2.90. The summed E-state index contributed by atoms with van der Waals surface area (Å²) < 4.78 is 11.6. The van der Waals surface area contributed by atoms with Crippen LogP contribution in [0.3, 0.4) is 0 Å². The van der Waals surface area contributed by atoms with E-state index in [2.05, 4.69) is 0 Å². The molecule has 4 atom stereocenters. The maximum atomic E-state index is 12.2. The SMILES string of the molecule is O=c1c2ccoc2ccn1C1O[C@H](CO)[C@@H](O)[C@H]1O. The van der Waals surface area contributed by atoms with Gasteiger partial charge in [0.05, 0.1) is 18.3 Å². The fourth-order valence-corrected chi connectivity index (χ4v) is 2.29. The van der Waals surface area contributed by atoms with E-state index in [1.165, 1.54) is 23.1 Å². The Morgan fingerprint density at radius 2 is 2.05 bits per heavy atom. The molecule has 0 radical (unpaired) electrons. The number of ether oxygens (including phenoxy) is 1. The minimum absolute atomic E-state index is 0.361. The lowest BCUT2D eigenvalue weighted by molar-refractivity contribution is -0.0541. The van der Waals surface area contributed by atoms with Gasteiger partial charge in [0.1, 0.15) is 23.9 Å². The predicted molar refractivity (Wildman–Crippen MR) is 63.5 cm³/mol. The second-order valence-corrected chi connectivity index (χ2v) is 4.46. The van der Waals surface area contributed by atoms with Gasteiger partial charge in [0.2, 0.25) is 0 Å². The van der Waals surface area contributed by atoms with E-state index in [1.807, 2.05) is 0 Å². The summed E-state index contributed by atoms with van der Waals surface area (Å²) in [7, 11) is 0. The minimum atomic E-state index is -1.28.